The summed E-state index contributed by atoms with van der Waals surface area (Å²) in [7, 11) is 0. The van der Waals surface area contributed by atoms with Crippen LogP contribution in [0.2, 0.25) is 0 Å². The van der Waals surface area contributed by atoms with Crippen molar-refractivity contribution in [1.82, 2.24) is 20.4 Å². The van der Waals surface area contributed by atoms with E-state index >= 15 is 0 Å². The van der Waals surface area contributed by atoms with Crippen molar-refractivity contribution in [2.24, 2.45) is 11.7 Å². The van der Waals surface area contributed by atoms with Crippen LogP contribution in [0, 0.1) is 17.2 Å². The highest BCUT2D eigenvalue weighted by molar-refractivity contribution is 5.97. The Hall–Kier alpha value is -3.59. The van der Waals surface area contributed by atoms with Gasteiger partial charge in [0.05, 0.1) is 12.6 Å². The number of nitriles is 1. The Morgan fingerprint density at radius 3 is 2.77 bits per heavy atom. The lowest BCUT2D eigenvalue weighted by atomic mass is 9.99. The number of carbonyl (C=O) groups is 4. The third kappa shape index (κ3) is 4.95. The van der Waals surface area contributed by atoms with E-state index in [4.69, 9.17) is 11.0 Å². The molecule has 3 heterocycles. The summed E-state index contributed by atoms with van der Waals surface area (Å²) in [5, 5.41) is 14.3. The molecular formula is C23H26F2N6O4. The summed E-state index contributed by atoms with van der Waals surface area (Å²) in [4.78, 5) is 53.0. The number of nitrogens with two attached hydrogens (primary N) is 1. The molecule has 0 spiro atoms. The Kier molecular flexibility index (Phi) is 6.71. The van der Waals surface area contributed by atoms with Crippen molar-refractivity contribution in [3.05, 3.63) is 34.9 Å². The maximum Gasteiger partial charge on any atom is 0.268 e. The van der Waals surface area contributed by atoms with Crippen LogP contribution in [0.25, 0.3) is 0 Å². The number of hydrogen-bond donors (Lipinski definition) is 3. The summed E-state index contributed by atoms with van der Waals surface area (Å²) < 4.78 is 27.4. The maximum absolute atomic E-state index is 13.7. The third-order valence-electron chi connectivity index (χ3n) is 6.64. The zero-order valence-electron chi connectivity index (χ0n) is 18.9. The first kappa shape index (κ1) is 24.5. The van der Waals surface area contributed by atoms with Gasteiger partial charge >= 0.3 is 0 Å². The third-order valence-corrected chi connectivity index (χ3v) is 6.64. The van der Waals surface area contributed by atoms with Crippen molar-refractivity contribution in [2.75, 3.05) is 19.6 Å². The van der Waals surface area contributed by atoms with Crippen LogP contribution in [0.3, 0.4) is 0 Å². The lowest BCUT2D eigenvalue weighted by molar-refractivity contribution is -0.135. The van der Waals surface area contributed by atoms with E-state index in [1.165, 1.54) is 0 Å². The molecule has 3 aliphatic rings. The molecule has 4 N–H and O–H groups in total. The number of fused-ring (bicyclic) bond motifs is 1. The highest BCUT2D eigenvalue weighted by Gasteiger charge is 2.50. The molecule has 2 saturated heterocycles. The number of nitrogens with zero attached hydrogens (tertiary/aromatic N) is 3. The van der Waals surface area contributed by atoms with Crippen LogP contribution in [0.1, 0.15) is 40.7 Å². The van der Waals surface area contributed by atoms with E-state index in [2.05, 4.69) is 10.6 Å². The molecular weight excluding hydrogens is 462 g/mol. The number of hydrogen-bond acceptors (Lipinski definition) is 6. The van der Waals surface area contributed by atoms with Gasteiger partial charge in [0.1, 0.15) is 12.1 Å². The van der Waals surface area contributed by atoms with Gasteiger partial charge < -0.3 is 26.2 Å². The van der Waals surface area contributed by atoms with Gasteiger partial charge in [-0.05, 0) is 23.6 Å². The molecule has 12 heteroatoms. The second-order valence-electron chi connectivity index (χ2n) is 9.11. The number of likely N-dealkylation sites (tertiary alicyclic amines) is 1. The topological polar surface area (TPSA) is 149 Å². The minimum Gasteiger partial charge on any atom is -0.351 e. The second-order valence-corrected chi connectivity index (χ2v) is 9.11. The lowest BCUT2D eigenvalue weighted by Crippen LogP contribution is -2.46. The number of alkyl halides is 2. The van der Waals surface area contributed by atoms with E-state index in [-0.39, 0.29) is 37.7 Å². The molecule has 186 valence electrons. The molecule has 0 radical (unpaired) electrons. The van der Waals surface area contributed by atoms with Gasteiger partial charge in [0.25, 0.3) is 11.8 Å². The number of benzene rings is 1. The zero-order valence-corrected chi connectivity index (χ0v) is 18.9. The van der Waals surface area contributed by atoms with E-state index in [0.29, 0.717) is 18.7 Å². The number of carbonyl (C=O) groups excluding carboxylic acids is 4. The predicted molar refractivity (Wildman–Crippen MR) is 117 cm³/mol. The molecule has 10 nitrogen and oxygen atoms in total. The molecule has 35 heavy (non-hydrogen) atoms. The highest BCUT2D eigenvalue weighted by Crippen LogP contribution is 2.34. The van der Waals surface area contributed by atoms with Gasteiger partial charge in [-0.2, -0.15) is 5.26 Å². The Labute approximate surface area is 200 Å². The minimum absolute atomic E-state index is 0.0167. The van der Waals surface area contributed by atoms with Gasteiger partial charge in [0, 0.05) is 50.5 Å². The second kappa shape index (κ2) is 9.58. The average molecular weight is 488 g/mol. The molecule has 4 amide bonds. The number of halogens is 2. The normalized spacial score (nSPS) is 24.6. The fourth-order valence-electron chi connectivity index (χ4n) is 4.87. The van der Waals surface area contributed by atoms with Crippen molar-refractivity contribution in [3.63, 3.8) is 0 Å². The van der Waals surface area contributed by atoms with Crippen molar-refractivity contribution < 1.29 is 28.0 Å². The van der Waals surface area contributed by atoms with E-state index in [1.807, 2.05) is 6.07 Å². The van der Waals surface area contributed by atoms with Crippen molar-refractivity contribution in [2.45, 2.75) is 50.4 Å². The quantitative estimate of drug-likeness (QED) is 0.508. The smallest absolute Gasteiger partial charge is 0.268 e. The molecule has 0 aromatic heterocycles. The SMILES string of the molecule is N#CC1CC(F)(F)CN1C(=O)[C@@H]1C[C@@H](CC(=O)N2Cc3cccc(C(=O)NCCN)c3C2)C(=O)N1. The molecule has 4 rings (SSSR count). The van der Waals surface area contributed by atoms with Crippen LogP contribution < -0.4 is 16.4 Å². The van der Waals surface area contributed by atoms with E-state index in [9.17, 15) is 28.0 Å². The van der Waals surface area contributed by atoms with E-state index in [0.717, 1.165) is 16.0 Å². The van der Waals surface area contributed by atoms with E-state index in [1.54, 1.807) is 23.1 Å². The molecule has 1 unspecified atom stereocenters. The molecule has 0 saturated carbocycles. The van der Waals surface area contributed by atoms with Gasteiger partial charge in [0.2, 0.25) is 17.7 Å². The largest absolute Gasteiger partial charge is 0.351 e. The summed E-state index contributed by atoms with van der Waals surface area (Å²) in [6, 6.07) is 4.65. The molecule has 0 bridgehead atoms. The molecule has 3 aliphatic heterocycles. The van der Waals surface area contributed by atoms with Crippen molar-refractivity contribution in [1.29, 1.82) is 5.26 Å². The minimum atomic E-state index is -3.15. The number of rotatable bonds is 6. The zero-order chi connectivity index (χ0) is 25.3. The summed E-state index contributed by atoms with van der Waals surface area (Å²) in [6.45, 7) is 0.258. The van der Waals surface area contributed by atoms with Crippen LogP contribution in [-0.2, 0) is 27.5 Å². The summed E-state index contributed by atoms with van der Waals surface area (Å²) >= 11 is 0. The Balaban J connectivity index is 1.37. The summed E-state index contributed by atoms with van der Waals surface area (Å²) in [6.07, 6.45) is -0.910. The fraction of sp³-hybridized carbons (Fsp3) is 0.522. The predicted octanol–water partition coefficient (Wildman–Crippen LogP) is -0.128. The average Bonchev–Trinajstić information content (AvgIpc) is 3.51. The molecule has 2 fully saturated rings. The Bertz CT molecular complexity index is 1100. The van der Waals surface area contributed by atoms with Gasteiger partial charge in [-0.1, -0.05) is 12.1 Å². The fourth-order valence-corrected chi connectivity index (χ4v) is 4.87. The highest BCUT2D eigenvalue weighted by atomic mass is 19.3. The number of nitrogens with one attached hydrogen (secondary N) is 2. The van der Waals surface area contributed by atoms with Gasteiger partial charge in [0.15, 0.2) is 0 Å². The maximum atomic E-state index is 13.7. The van der Waals surface area contributed by atoms with Crippen LogP contribution in [-0.4, -0.2) is 71.1 Å². The van der Waals surface area contributed by atoms with Gasteiger partial charge in [-0.25, -0.2) is 8.78 Å². The van der Waals surface area contributed by atoms with Crippen LogP contribution >= 0.6 is 0 Å². The van der Waals surface area contributed by atoms with Crippen LogP contribution in [0.5, 0.6) is 0 Å². The molecule has 0 aliphatic carbocycles. The van der Waals surface area contributed by atoms with Crippen LogP contribution in [0.15, 0.2) is 18.2 Å². The first-order valence-electron chi connectivity index (χ1n) is 11.4. The first-order chi connectivity index (χ1) is 16.6. The monoisotopic (exact) mass is 488 g/mol. The van der Waals surface area contributed by atoms with Gasteiger partial charge in [-0.15, -0.1) is 0 Å². The van der Waals surface area contributed by atoms with Crippen LogP contribution in [0.4, 0.5) is 8.78 Å². The number of amides is 4. The van der Waals surface area contributed by atoms with E-state index < -0.39 is 48.7 Å². The standard InChI is InChI=1S/C23H26F2N6O4/c24-23(25)8-15(9-27)31(12-23)22(35)18-6-14(20(33)29-18)7-19(32)30-10-13-2-1-3-16(17(13)11-30)21(34)28-5-4-26/h1-3,14-15,18H,4-8,10-12,26H2,(H,28,34)(H,29,33)/t14-,15?,18-/m0/s1. The van der Waals surface area contributed by atoms with Gasteiger partial charge in [-0.3, -0.25) is 19.2 Å². The van der Waals surface area contributed by atoms with Crippen molar-refractivity contribution in [3.8, 4) is 6.07 Å². The Morgan fingerprint density at radius 1 is 1.29 bits per heavy atom. The Morgan fingerprint density at radius 2 is 2.06 bits per heavy atom. The first-order valence-corrected chi connectivity index (χ1v) is 11.4. The molecule has 1 aromatic carbocycles. The summed E-state index contributed by atoms with van der Waals surface area (Å²) in [5.74, 6) is -5.78. The molecule has 3 atom stereocenters. The lowest BCUT2D eigenvalue weighted by Gasteiger charge is -2.22. The summed E-state index contributed by atoms with van der Waals surface area (Å²) in [5.41, 5.74) is 7.47. The molecule has 1 aromatic rings. The van der Waals surface area contributed by atoms with Crippen molar-refractivity contribution >= 4 is 23.6 Å².